The van der Waals surface area contributed by atoms with Gasteiger partial charge in [-0.3, -0.25) is 4.79 Å². The number of benzene rings is 1. The average Bonchev–Trinajstić information content (AvgIpc) is 2.64. The quantitative estimate of drug-likeness (QED) is 0.851. The third kappa shape index (κ3) is 5.11. The van der Waals surface area contributed by atoms with E-state index in [-0.39, 0.29) is 17.9 Å². The van der Waals surface area contributed by atoms with Crippen LogP contribution >= 0.6 is 11.6 Å². The Morgan fingerprint density at radius 1 is 1.00 bits per heavy atom. The number of carbonyl (C=O) groups excluding carboxylic acids is 2. The molecular weight excluding hydrogens is 338 g/mol. The molecule has 1 saturated heterocycles. The fourth-order valence-corrected chi connectivity index (χ4v) is 3.79. The lowest BCUT2D eigenvalue weighted by atomic mass is 9.95. The number of hydrogen-bond donors (Lipinski definition) is 2. The van der Waals surface area contributed by atoms with Crippen LogP contribution in [-0.4, -0.2) is 36.0 Å². The molecule has 0 aromatic heterocycles. The number of urea groups is 1. The van der Waals surface area contributed by atoms with E-state index in [4.69, 9.17) is 11.6 Å². The molecule has 25 heavy (non-hydrogen) atoms. The summed E-state index contributed by atoms with van der Waals surface area (Å²) in [7, 11) is 0. The average molecular weight is 364 g/mol. The van der Waals surface area contributed by atoms with Gasteiger partial charge in [0.2, 0.25) is 5.91 Å². The minimum atomic E-state index is -0.165. The van der Waals surface area contributed by atoms with Gasteiger partial charge in [-0.15, -0.1) is 0 Å². The van der Waals surface area contributed by atoms with E-state index in [2.05, 4.69) is 10.6 Å². The van der Waals surface area contributed by atoms with Gasteiger partial charge < -0.3 is 15.5 Å². The second-order valence-electron chi connectivity index (χ2n) is 7.07. The van der Waals surface area contributed by atoms with Gasteiger partial charge in [0.1, 0.15) is 0 Å². The minimum absolute atomic E-state index is 0.0177. The molecule has 2 N–H and O–H groups in total. The van der Waals surface area contributed by atoms with Crippen molar-refractivity contribution in [2.75, 3.05) is 18.4 Å². The van der Waals surface area contributed by atoms with Crippen molar-refractivity contribution in [1.29, 1.82) is 0 Å². The first-order valence-corrected chi connectivity index (χ1v) is 9.61. The summed E-state index contributed by atoms with van der Waals surface area (Å²) in [6, 6.07) is 7.36. The van der Waals surface area contributed by atoms with Crippen molar-refractivity contribution < 1.29 is 9.59 Å². The Balaban J connectivity index is 1.52. The highest BCUT2D eigenvalue weighted by Crippen LogP contribution is 2.21. The second kappa shape index (κ2) is 8.56. The Labute approximate surface area is 154 Å². The Kier molecular flexibility index (Phi) is 6.19. The summed E-state index contributed by atoms with van der Waals surface area (Å²) >= 11 is 5.87. The zero-order valence-corrected chi connectivity index (χ0v) is 15.2. The van der Waals surface area contributed by atoms with Crippen LogP contribution in [0.25, 0.3) is 0 Å². The molecule has 1 aromatic carbocycles. The number of piperidine rings is 1. The monoisotopic (exact) mass is 363 g/mol. The van der Waals surface area contributed by atoms with E-state index in [1.165, 1.54) is 19.3 Å². The van der Waals surface area contributed by atoms with E-state index in [1.807, 2.05) is 0 Å². The topological polar surface area (TPSA) is 61.4 Å². The van der Waals surface area contributed by atoms with Gasteiger partial charge in [0.25, 0.3) is 0 Å². The van der Waals surface area contributed by atoms with E-state index in [1.54, 1.807) is 29.2 Å². The van der Waals surface area contributed by atoms with Crippen LogP contribution in [0.1, 0.15) is 44.9 Å². The smallest absolute Gasteiger partial charge is 0.317 e. The lowest BCUT2D eigenvalue weighted by molar-refractivity contribution is -0.121. The predicted molar refractivity (Wildman–Crippen MR) is 99.8 cm³/mol. The largest absolute Gasteiger partial charge is 0.335 e. The Morgan fingerprint density at radius 3 is 2.44 bits per heavy atom. The van der Waals surface area contributed by atoms with Crippen LogP contribution in [-0.2, 0) is 4.79 Å². The SMILES string of the molecule is O=C(Nc1ccc(Cl)cc1)C1CCCN(C(=O)NC2CCCCC2)C1. The summed E-state index contributed by atoms with van der Waals surface area (Å²) in [6.07, 6.45) is 7.46. The van der Waals surface area contributed by atoms with Gasteiger partial charge in [-0.2, -0.15) is 0 Å². The van der Waals surface area contributed by atoms with Crippen LogP contribution in [0, 0.1) is 5.92 Å². The standard InChI is InChI=1S/C19H26ClN3O2/c20-15-8-10-17(11-9-15)21-18(24)14-5-4-12-23(13-14)19(25)22-16-6-2-1-3-7-16/h8-11,14,16H,1-7,12-13H2,(H,21,24)(H,22,25). The van der Waals surface area contributed by atoms with E-state index in [0.717, 1.165) is 37.9 Å². The third-order valence-corrected chi connectivity index (χ3v) is 5.38. The van der Waals surface area contributed by atoms with Crippen molar-refractivity contribution in [3.8, 4) is 0 Å². The number of anilines is 1. The molecule has 3 rings (SSSR count). The molecule has 1 atom stereocenters. The van der Waals surface area contributed by atoms with Gasteiger partial charge in [-0.25, -0.2) is 4.79 Å². The maximum Gasteiger partial charge on any atom is 0.317 e. The molecule has 1 saturated carbocycles. The van der Waals surface area contributed by atoms with Gasteiger partial charge in [-0.05, 0) is 49.9 Å². The van der Waals surface area contributed by atoms with Crippen molar-refractivity contribution >= 4 is 29.2 Å². The molecule has 1 aromatic rings. The lowest BCUT2D eigenvalue weighted by Gasteiger charge is -2.34. The number of hydrogen-bond acceptors (Lipinski definition) is 2. The van der Waals surface area contributed by atoms with Gasteiger partial charge >= 0.3 is 6.03 Å². The molecule has 136 valence electrons. The maximum absolute atomic E-state index is 12.5. The maximum atomic E-state index is 12.5. The molecule has 2 fully saturated rings. The molecule has 1 aliphatic carbocycles. The third-order valence-electron chi connectivity index (χ3n) is 5.12. The van der Waals surface area contributed by atoms with E-state index in [0.29, 0.717) is 17.6 Å². The fraction of sp³-hybridized carbons (Fsp3) is 0.579. The molecule has 1 unspecified atom stereocenters. The van der Waals surface area contributed by atoms with Crippen LogP contribution in [0.15, 0.2) is 24.3 Å². The van der Waals surface area contributed by atoms with Crippen LogP contribution < -0.4 is 10.6 Å². The normalized spacial score (nSPS) is 21.6. The van der Waals surface area contributed by atoms with Crippen molar-refractivity contribution in [3.63, 3.8) is 0 Å². The van der Waals surface area contributed by atoms with E-state index >= 15 is 0 Å². The summed E-state index contributed by atoms with van der Waals surface area (Å²) in [5.41, 5.74) is 0.734. The van der Waals surface area contributed by atoms with Gasteiger partial charge in [0, 0.05) is 29.8 Å². The van der Waals surface area contributed by atoms with Crippen molar-refractivity contribution in [1.82, 2.24) is 10.2 Å². The molecule has 0 radical (unpaired) electrons. The van der Waals surface area contributed by atoms with Crippen LogP contribution in [0.2, 0.25) is 5.02 Å². The van der Waals surface area contributed by atoms with Gasteiger partial charge in [0.15, 0.2) is 0 Å². The number of carbonyl (C=O) groups is 2. The first-order valence-electron chi connectivity index (χ1n) is 9.24. The molecule has 6 heteroatoms. The fourth-order valence-electron chi connectivity index (χ4n) is 3.67. The first-order chi connectivity index (χ1) is 12.1. The Bertz CT molecular complexity index is 599. The molecule has 1 heterocycles. The van der Waals surface area contributed by atoms with Gasteiger partial charge in [-0.1, -0.05) is 30.9 Å². The molecular formula is C19H26ClN3O2. The number of rotatable bonds is 3. The number of nitrogens with zero attached hydrogens (tertiary/aromatic N) is 1. The first kappa shape index (κ1) is 18.1. The number of nitrogens with one attached hydrogen (secondary N) is 2. The zero-order chi connectivity index (χ0) is 17.6. The zero-order valence-electron chi connectivity index (χ0n) is 14.5. The highest BCUT2D eigenvalue weighted by atomic mass is 35.5. The molecule has 1 aliphatic heterocycles. The van der Waals surface area contributed by atoms with Crippen molar-refractivity contribution in [2.45, 2.75) is 51.0 Å². The second-order valence-corrected chi connectivity index (χ2v) is 7.50. The van der Waals surface area contributed by atoms with Gasteiger partial charge in [0.05, 0.1) is 5.92 Å². The van der Waals surface area contributed by atoms with Crippen molar-refractivity contribution in [2.24, 2.45) is 5.92 Å². The van der Waals surface area contributed by atoms with E-state index < -0.39 is 0 Å². The lowest BCUT2D eigenvalue weighted by Crippen LogP contribution is -2.50. The predicted octanol–water partition coefficient (Wildman–Crippen LogP) is 4.03. The summed E-state index contributed by atoms with van der Waals surface area (Å²) in [4.78, 5) is 26.8. The summed E-state index contributed by atoms with van der Waals surface area (Å²) < 4.78 is 0. The number of likely N-dealkylation sites (tertiary alicyclic amines) is 1. The van der Waals surface area contributed by atoms with Crippen molar-refractivity contribution in [3.05, 3.63) is 29.3 Å². The molecule has 0 bridgehead atoms. The number of halogens is 1. The summed E-state index contributed by atoms with van der Waals surface area (Å²) in [6.45, 7) is 1.21. The van der Waals surface area contributed by atoms with Crippen LogP contribution in [0.3, 0.4) is 0 Å². The van der Waals surface area contributed by atoms with Crippen LogP contribution in [0.5, 0.6) is 0 Å². The molecule has 0 spiro atoms. The van der Waals surface area contributed by atoms with E-state index in [9.17, 15) is 9.59 Å². The number of amides is 3. The molecule has 2 aliphatic rings. The minimum Gasteiger partial charge on any atom is -0.335 e. The summed E-state index contributed by atoms with van der Waals surface area (Å²) in [5.74, 6) is -0.195. The van der Waals surface area contributed by atoms with Crippen LogP contribution in [0.4, 0.5) is 10.5 Å². The molecule has 3 amide bonds. The molecule has 5 nitrogen and oxygen atoms in total. The highest BCUT2D eigenvalue weighted by Gasteiger charge is 2.29. The Hall–Kier alpha value is -1.75. The summed E-state index contributed by atoms with van der Waals surface area (Å²) in [5, 5.41) is 6.71. The highest BCUT2D eigenvalue weighted by molar-refractivity contribution is 6.30. The Morgan fingerprint density at radius 2 is 1.72 bits per heavy atom.